The first-order valence-electron chi connectivity index (χ1n) is 13.9. The molecule has 1 aromatic rings. The van der Waals surface area contributed by atoms with Crippen molar-refractivity contribution in [3.05, 3.63) is 35.9 Å². The summed E-state index contributed by atoms with van der Waals surface area (Å²) >= 11 is 0. The molecule has 2 N–H and O–H groups in total. The van der Waals surface area contributed by atoms with Gasteiger partial charge in [-0.3, -0.25) is 4.79 Å². The minimum Gasteiger partial charge on any atom is -0.481 e. The first-order chi connectivity index (χ1) is 16.9. The van der Waals surface area contributed by atoms with E-state index in [9.17, 15) is 14.7 Å². The van der Waals surface area contributed by atoms with Crippen LogP contribution in [0, 0.1) is 16.7 Å². The Morgan fingerprint density at radius 2 is 1.69 bits per heavy atom. The highest BCUT2D eigenvalue weighted by molar-refractivity contribution is 5.76. The number of nitrogens with zero attached hydrogens (tertiary/aromatic N) is 1. The van der Waals surface area contributed by atoms with Crippen LogP contribution in [0.3, 0.4) is 0 Å². The van der Waals surface area contributed by atoms with Gasteiger partial charge < -0.3 is 20.1 Å². The van der Waals surface area contributed by atoms with Crippen LogP contribution < -0.4 is 5.32 Å². The molecule has 4 unspecified atom stereocenters. The maximum Gasteiger partial charge on any atom is 0.410 e. The standard InChI is InChI=1S/C18H22O2.C12H22N2O2/c1-16-7-13-8-17(10-16,14-5-3-2-4-6-14)12-18(9-13,11-16)15(19)20;1-11(2,3)16-10(15)14-9-6-12(14)4-7-13-8-5-12/h2-6,13H,7-12H2,1H3,(H,19,20);13H,4-9H2,1-3H3. The van der Waals surface area contributed by atoms with E-state index in [0.717, 1.165) is 58.2 Å². The highest BCUT2D eigenvalue weighted by Gasteiger charge is 2.64. The Kier molecular flexibility index (Phi) is 6.21. The summed E-state index contributed by atoms with van der Waals surface area (Å²) in [5, 5.41) is 13.2. The number of benzene rings is 1. The summed E-state index contributed by atoms with van der Waals surface area (Å²) in [6, 6.07) is 10.7. The molecule has 4 bridgehead atoms. The van der Waals surface area contributed by atoms with Crippen LogP contribution in [-0.2, 0) is 14.9 Å². The molecule has 1 amide bonds. The molecule has 6 nitrogen and oxygen atoms in total. The molecule has 0 radical (unpaired) electrons. The van der Waals surface area contributed by atoms with Crippen LogP contribution in [0.15, 0.2) is 30.3 Å². The van der Waals surface area contributed by atoms with Gasteiger partial charge in [0, 0.05) is 6.54 Å². The van der Waals surface area contributed by atoms with Crippen molar-refractivity contribution in [1.29, 1.82) is 0 Å². The molecule has 6 fully saturated rings. The van der Waals surface area contributed by atoms with Crippen molar-refractivity contribution in [3.8, 4) is 0 Å². The zero-order chi connectivity index (χ0) is 25.8. The van der Waals surface area contributed by atoms with Crippen molar-refractivity contribution in [2.75, 3.05) is 19.6 Å². The van der Waals surface area contributed by atoms with Gasteiger partial charge in [-0.25, -0.2) is 4.79 Å². The van der Waals surface area contributed by atoms with Crippen molar-refractivity contribution in [1.82, 2.24) is 10.2 Å². The third-order valence-electron chi connectivity index (χ3n) is 9.71. The lowest BCUT2D eigenvalue weighted by molar-refractivity contribution is -0.177. The van der Waals surface area contributed by atoms with E-state index in [1.165, 1.54) is 24.8 Å². The molecule has 1 spiro atoms. The van der Waals surface area contributed by atoms with Crippen LogP contribution in [0.5, 0.6) is 0 Å². The Hall–Kier alpha value is -2.08. The molecular formula is C30H44N2O4. The SMILES string of the molecule is CC(C)(C)OC(=O)N1CCC12CCNCC2.CC12CC3CC(C(=O)O)(C1)CC(c1ccccc1)(C3)C2. The molecule has 0 aromatic heterocycles. The van der Waals surface area contributed by atoms with Gasteiger partial charge in [0.25, 0.3) is 0 Å². The Bertz CT molecular complexity index is 998. The number of ether oxygens (including phenoxy) is 1. The highest BCUT2D eigenvalue weighted by Crippen LogP contribution is 2.70. The largest absolute Gasteiger partial charge is 0.481 e. The fourth-order valence-electron chi connectivity index (χ4n) is 8.83. The number of carboxylic acid groups (broad SMARTS) is 1. The van der Waals surface area contributed by atoms with E-state index in [4.69, 9.17) is 4.74 Å². The fraction of sp³-hybridized carbons (Fsp3) is 0.733. The van der Waals surface area contributed by atoms with E-state index in [2.05, 4.69) is 42.6 Å². The Labute approximate surface area is 216 Å². The van der Waals surface area contributed by atoms with Gasteiger partial charge in [0.15, 0.2) is 0 Å². The van der Waals surface area contributed by atoms with Crippen LogP contribution in [-0.4, -0.2) is 52.8 Å². The minimum atomic E-state index is -0.548. The lowest BCUT2D eigenvalue weighted by Gasteiger charge is -2.64. The fourth-order valence-corrected chi connectivity index (χ4v) is 8.83. The molecule has 6 heteroatoms. The lowest BCUT2D eigenvalue weighted by atomic mass is 9.39. The molecule has 7 rings (SSSR count). The van der Waals surface area contributed by atoms with Crippen molar-refractivity contribution in [3.63, 3.8) is 0 Å². The molecule has 198 valence electrons. The summed E-state index contributed by atoms with van der Waals surface area (Å²) in [6.07, 6.45) is 9.37. The van der Waals surface area contributed by atoms with Crippen LogP contribution in [0.1, 0.15) is 91.0 Å². The van der Waals surface area contributed by atoms with Gasteiger partial charge in [0.1, 0.15) is 5.60 Å². The maximum atomic E-state index is 12.0. The van der Waals surface area contributed by atoms with Crippen LogP contribution in [0.4, 0.5) is 4.79 Å². The summed E-state index contributed by atoms with van der Waals surface area (Å²) in [6.45, 7) is 11.0. The number of aliphatic carboxylic acids is 1. The molecular weight excluding hydrogens is 452 g/mol. The number of rotatable bonds is 2. The predicted molar refractivity (Wildman–Crippen MR) is 140 cm³/mol. The normalized spacial score (nSPS) is 36.0. The number of carboxylic acids is 1. The van der Waals surface area contributed by atoms with Gasteiger partial charge in [-0.15, -0.1) is 0 Å². The Balaban J connectivity index is 0.000000152. The molecule has 1 aromatic carbocycles. The molecule has 36 heavy (non-hydrogen) atoms. The second kappa shape index (κ2) is 8.75. The molecule has 4 saturated carbocycles. The second-order valence-electron chi connectivity index (χ2n) is 13.9. The van der Waals surface area contributed by atoms with Gasteiger partial charge in [-0.05, 0) is 114 Å². The van der Waals surface area contributed by atoms with E-state index >= 15 is 0 Å². The molecule has 6 aliphatic rings. The minimum absolute atomic E-state index is 0.105. The van der Waals surface area contributed by atoms with Gasteiger partial charge in [-0.1, -0.05) is 37.3 Å². The smallest absolute Gasteiger partial charge is 0.410 e. The zero-order valence-corrected chi connectivity index (χ0v) is 22.6. The van der Waals surface area contributed by atoms with Crippen LogP contribution in [0.25, 0.3) is 0 Å². The van der Waals surface area contributed by atoms with Gasteiger partial charge in [0.05, 0.1) is 11.0 Å². The number of likely N-dealkylation sites (tertiary alicyclic amines) is 1. The maximum absolute atomic E-state index is 12.0. The average molecular weight is 497 g/mol. The van der Waals surface area contributed by atoms with Crippen molar-refractivity contribution in [2.24, 2.45) is 16.7 Å². The zero-order valence-electron chi connectivity index (χ0n) is 22.6. The number of nitrogens with one attached hydrogen (secondary N) is 1. The molecule has 4 aliphatic carbocycles. The second-order valence-corrected chi connectivity index (χ2v) is 13.9. The number of hydrogen-bond acceptors (Lipinski definition) is 4. The Morgan fingerprint density at radius 1 is 1.00 bits per heavy atom. The molecule has 2 heterocycles. The lowest BCUT2D eigenvalue weighted by Crippen LogP contribution is -2.66. The molecule has 2 aliphatic heterocycles. The summed E-state index contributed by atoms with van der Waals surface area (Å²) < 4.78 is 5.44. The van der Waals surface area contributed by atoms with E-state index in [0.29, 0.717) is 5.92 Å². The highest BCUT2D eigenvalue weighted by atomic mass is 16.6. The van der Waals surface area contributed by atoms with Crippen molar-refractivity contribution >= 4 is 12.1 Å². The van der Waals surface area contributed by atoms with Crippen LogP contribution in [0.2, 0.25) is 0 Å². The quantitative estimate of drug-likeness (QED) is 0.545. The summed E-state index contributed by atoms with van der Waals surface area (Å²) in [7, 11) is 0. The monoisotopic (exact) mass is 496 g/mol. The summed E-state index contributed by atoms with van der Waals surface area (Å²) in [4.78, 5) is 25.9. The van der Waals surface area contributed by atoms with E-state index < -0.39 is 11.4 Å². The topological polar surface area (TPSA) is 78.9 Å². The van der Waals surface area contributed by atoms with E-state index in [1.54, 1.807) is 0 Å². The first-order valence-corrected chi connectivity index (χ1v) is 13.9. The third-order valence-corrected chi connectivity index (χ3v) is 9.71. The number of piperidine rings is 1. The summed E-state index contributed by atoms with van der Waals surface area (Å²) in [5.74, 6) is 0.0562. The van der Waals surface area contributed by atoms with Gasteiger partial charge in [-0.2, -0.15) is 0 Å². The number of hydrogen-bond donors (Lipinski definition) is 2. The Morgan fingerprint density at radius 3 is 2.25 bits per heavy atom. The third kappa shape index (κ3) is 4.55. The van der Waals surface area contributed by atoms with Crippen molar-refractivity contribution in [2.45, 2.75) is 102 Å². The van der Waals surface area contributed by atoms with E-state index in [1.807, 2.05) is 25.7 Å². The first kappa shape index (κ1) is 25.6. The number of carbonyl (C=O) groups excluding carboxylic acids is 1. The van der Waals surface area contributed by atoms with Crippen LogP contribution >= 0.6 is 0 Å². The predicted octanol–water partition coefficient (Wildman–Crippen LogP) is 5.75. The molecule has 2 saturated heterocycles. The number of amides is 1. The molecule has 4 atom stereocenters. The van der Waals surface area contributed by atoms with Crippen molar-refractivity contribution < 1.29 is 19.4 Å². The van der Waals surface area contributed by atoms with Gasteiger partial charge >= 0.3 is 12.1 Å². The van der Waals surface area contributed by atoms with E-state index in [-0.39, 0.29) is 28.1 Å². The average Bonchev–Trinajstić information content (AvgIpc) is 2.77. The van der Waals surface area contributed by atoms with Gasteiger partial charge in [0.2, 0.25) is 0 Å². The number of carbonyl (C=O) groups is 2. The summed E-state index contributed by atoms with van der Waals surface area (Å²) in [5.41, 5.74) is 0.987.